The van der Waals surface area contributed by atoms with Crippen molar-refractivity contribution >= 4 is 0 Å². The van der Waals surface area contributed by atoms with E-state index in [1.807, 2.05) is 6.92 Å². The van der Waals surface area contributed by atoms with E-state index in [4.69, 9.17) is 4.74 Å². The summed E-state index contributed by atoms with van der Waals surface area (Å²) in [5.41, 5.74) is 3.93. The molecule has 0 spiro atoms. The molecule has 2 aromatic carbocycles. The van der Waals surface area contributed by atoms with Gasteiger partial charge in [-0.25, -0.2) is 0 Å². The predicted octanol–water partition coefficient (Wildman–Crippen LogP) is 3.78. The Morgan fingerprint density at radius 2 is 1.96 bits per heavy atom. The third-order valence-electron chi connectivity index (χ3n) is 4.61. The van der Waals surface area contributed by atoms with Crippen LogP contribution in [0.15, 0.2) is 48.5 Å². The molecule has 3 rings (SSSR count). The molecule has 0 aromatic heterocycles. The summed E-state index contributed by atoms with van der Waals surface area (Å²) in [6.07, 6.45) is 1.18. The second-order valence-corrected chi connectivity index (χ2v) is 6.43. The molecule has 0 bridgehead atoms. The fourth-order valence-electron chi connectivity index (χ4n) is 3.55. The molecule has 1 heterocycles. The first kappa shape index (κ1) is 17.0. The Hall–Kier alpha value is -1.84. The number of para-hydroxylation sites is 1. The maximum atomic E-state index is 5.95. The Bertz CT molecular complexity index is 648. The van der Waals surface area contributed by atoms with Gasteiger partial charge < -0.3 is 10.1 Å². The third kappa shape index (κ3) is 3.97. The molecule has 0 saturated carbocycles. The Morgan fingerprint density at radius 1 is 1.08 bits per heavy atom. The molecule has 0 amide bonds. The van der Waals surface area contributed by atoms with Gasteiger partial charge in [-0.1, -0.05) is 48.0 Å². The fourth-order valence-corrected chi connectivity index (χ4v) is 3.55. The van der Waals surface area contributed by atoms with Crippen molar-refractivity contribution in [1.82, 2.24) is 10.2 Å². The first-order valence-corrected chi connectivity index (χ1v) is 9.02. The topological polar surface area (TPSA) is 24.5 Å². The molecule has 1 unspecified atom stereocenters. The van der Waals surface area contributed by atoms with Crippen LogP contribution in [0.4, 0.5) is 0 Å². The minimum absolute atomic E-state index is 0.243. The molecule has 0 radical (unpaired) electrons. The minimum atomic E-state index is 0.243. The highest BCUT2D eigenvalue weighted by Crippen LogP contribution is 2.35. The van der Waals surface area contributed by atoms with E-state index >= 15 is 0 Å². The lowest BCUT2D eigenvalue weighted by atomic mass is 9.94. The van der Waals surface area contributed by atoms with Crippen LogP contribution >= 0.6 is 0 Å². The Labute approximate surface area is 145 Å². The van der Waals surface area contributed by atoms with Gasteiger partial charge >= 0.3 is 0 Å². The second-order valence-electron chi connectivity index (χ2n) is 6.43. The molecule has 1 fully saturated rings. The predicted molar refractivity (Wildman–Crippen MR) is 99.7 cm³/mol. The molecule has 1 N–H and O–H groups in total. The molecule has 3 heteroatoms. The number of hydrogen-bond donors (Lipinski definition) is 1. The average molecular weight is 324 g/mol. The van der Waals surface area contributed by atoms with Gasteiger partial charge in [0.2, 0.25) is 0 Å². The van der Waals surface area contributed by atoms with Gasteiger partial charge in [0.1, 0.15) is 5.75 Å². The molecule has 1 atom stereocenters. The van der Waals surface area contributed by atoms with Crippen LogP contribution in [0.25, 0.3) is 0 Å². The highest BCUT2D eigenvalue weighted by molar-refractivity contribution is 5.42. The van der Waals surface area contributed by atoms with Gasteiger partial charge in [-0.2, -0.15) is 0 Å². The summed E-state index contributed by atoms with van der Waals surface area (Å²) < 4.78 is 5.95. The normalized spacial score (nSPS) is 17.2. The SMILES string of the molecule is CCOc1ccccc1C(c1cccc(C)c1)N1CCCNCC1. The van der Waals surface area contributed by atoms with Crippen molar-refractivity contribution in [2.75, 3.05) is 32.8 Å². The lowest BCUT2D eigenvalue weighted by Gasteiger charge is -2.32. The molecule has 0 aliphatic carbocycles. The average Bonchev–Trinajstić information content (AvgIpc) is 2.86. The van der Waals surface area contributed by atoms with E-state index < -0.39 is 0 Å². The van der Waals surface area contributed by atoms with Crippen molar-refractivity contribution in [3.63, 3.8) is 0 Å². The lowest BCUT2D eigenvalue weighted by molar-refractivity contribution is 0.233. The maximum absolute atomic E-state index is 5.95. The van der Waals surface area contributed by atoms with E-state index in [-0.39, 0.29) is 6.04 Å². The summed E-state index contributed by atoms with van der Waals surface area (Å²) >= 11 is 0. The first-order valence-electron chi connectivity index (χ1n) is 9.02. The number of ether oxygens (including phenoxy) is 1. The van der Waals surface area contributed by atoms with E-state index in [1.54, 1.807) is 0 Å². The lowest BCUT2D eigenvalue weighted by Crippen LogP contribution is -2.33. The zero-order valence-electron chi connectivity index (χ0n) is 14.8. The van der Waals surface area contributed by atoms with Crippen molar-refractivity contribution in [2.45, 2.75) is 26.3 Å². The van der Waals surface area contributed by atoms with Crippen LogP contribution in [-0.4, -0.2) is 37.7 Å². The maximum Gasteiger partial charge on any atom is 0.124 e. The number of benzene rings is 2. The van der Waals surface area contributed by atoms with Crippen LogP contribution in [0, 0.1) is 6.92 Å². The Kier molecular flexibility index (Phi) is 5.89. The third-order valence-corrected chi connectivity index (χ3v) is 4.61. The van der Waals surface area contributed by atoms with Gasteiger partial charge in [0, 0.05) is 25.2 Å². The molecule has 1 aliphatic rings. The molecule has 1 saturated heterocycles. The van der Waals surface area contributed by atoms with E-state index in [2.05, 4.69) is 65.7 Å². The van der Waals surface area contributed by atoms with Crippen LogP contribution in [0.1, 0.15) is 36.1 Å². The number of nitrogens with one attached hydrogen (secondary N) is 1. The van der Waals surface area contributed by atoms with Crippen LogP contribution in [0.5, 0.6) is 5.75 Å². The molecule has 24 heavy (non-hydrogen) atoms. The van der Waals surface area contributed by atoms with Crippen LogP contribution in [-0.2, 0) is 0 Å². The molecular weight excluding hydrogens is 296 g/mol. The Morgan fingerprint density at radius 3 is 2.79 bits per heavy atom. The number of nitrogens with zero attached hydrogens (tertiary/aromatic N) is 1. The van der Waals surface area contributed by atoms with E-state index in [0.717, 1.165) is 31.9 Å². The van der Waals surface area contributed by atoms with Crippen LogP contribution < -0.4 is 10.1 Å². The fraction of sp³-hybridized carbons (Fsp3) is 0.429. The van der Waals surface area contributed by atoms with Gasteiger partial charge in [-0.3, -0.25) is 4.90 Å². The zero-order valence-corrected chi connectivity index (χ0v) is 14.8. The van der Waals surface area contributed by atoms with Crippen LogP contribution in [0.3, 0.4) is 0 Å². The van der Waals surface area contributed by atoms with Crippen molar-refractivity contribution in [2.24, 2.45) is 0 Å². The summed E-state index contributed by atoms with van der Waals surface area (Å²) in [6.45, 7) is 9.21. The second kappa shape index (κ2) is 8.32. The van der Waals surface area contributed by atoms with Gasteiger partial charge in [0.25, 0.3) is 0 Å². The monoisotopic (exact) mass is 324 g/mol. The highest BCUT2D eigenvalue weighted by atomic mass is 16.5. The van der Waals surface area contributed by atoms with Crippen molar-refractivity contribution < 1.29 is 4.74 Å². The number of rotatable bonds is 5. The standard InChI is InChI=1S/C21H28N2O/c1-3-24-20-11-5-4-10-19(20)21(18-9-6-8-17(2)16-18)23-14-7-12-22-13-15-23/h4-6,8-11,16,21-22H,3,7,12-15H2,1-2H3. The number of aryl methyl sites for hydroxylation is 1. The quantitative estimate of drug-likeness (QED) is 0.906. The van der Waals surface area contributed by atoms with Gasteiger partial charge in [0.15, 0.2) is 0 Å². The smallest absolute Gasteiger partial charge is 0.124 e. The van der Waals surface area contributed by atoms with Crippen molar-refractivity contribution in [3.8, 4) is 5.75 Å². The van der Waals surface area contributed by atoms with Gasteiger partial charge in [-0.15, -0.1) is 0 Å². The van der Waals surface area contributed by atoms with Crippen molar-refractivity contribution in [1.29, 1.82) is 0 Å². The molecule has 1 aliphatic heterocycles. The van der Waals surface area contributed by atoms with Gasteiger partial charge in [0.05, 0.1) is 12.6 Å². The van der Waals surface area contributed by atoms with Crippen LogP contribution in [0.2, 0.25) is 0 Å². The first-order chi connectivity index (χ1) is 11.8. The molecule has 3 nitrogen and oxygen atoms in total. The molecular formula is C21H28N2O. The van der Waals surface area contributed by atoms with Crippen molar-refractivity contribution in [3.05, 3.63) is 65.2 Å². The summed E-state index contributed by atoms with van der Waals surface area (Å²) in [4.78, 5) is 2.59. The Balaban J connectivity index is 2.04. The zero-order chi connectivity index (χ0) is 16.8. The minimum Gasteiger partial charge on any atom is -0.494 e. The molecule has 128 valence electrons. The highest BCUT2D eigenvalue weighted by Gasteiger charge is 2.25. The molecule has 2 aromatic rings. The summed E-state index contributed by atoms with van der Waals surface area (Å²) in [7, 11) is 0. The summed E-state index contributed by atoms with van der Waals surface area (Å²) in [6, 6.07) is 17.6. The van der Waals surface area contributed by atoms with Gasteiger partial charge in [-0.05, 0) is 38.4 Å². The summed E-state index contributed by atoms with van der Waals surface area (Å²) in [5, 5.41) is 3.51. The number of hydrogen-bond acceptors (Lipinski definition) is 3. The van der Waals surface area contributed by atoms with E-state index in [9.17, 15) is 0 Å². The van der Waals surface area contributed by atoms with E-state index in [0.29, 0.717) is 6.61 Å². The summed E-state index contributed by atoms with van der Waals surface area (Å²) in [5.74, 6) is 1.00. The largest absolute Gasteiger partial charge is 0.494 e. The van der Waals surface area contributed by atoms with E-state index in [1.165, 1.54) is 23.1 Å².